The molecule has 2 heterocycles. The van der Waals surface area contributed by atoms with Crippen LogP contribution in [0.2, 0.25) is 0 Å². The first kappa shape index (κ1) is 14.8. The Bertz CT molecular complexity index is 740. The lowest BCUT2D eigenvalue weighted by molar-refractivity contribution is 0.102. The second-order valence-corrected chi connectivity index (χ2v) is 6.08. The van der Waals surface area contributed by atoms with Crippen molar-refractivity contribution in [3.05, 3.63) is 42.2 Å². The van der Waals surface area contributed by atoms with Gasteiger partial charge in [-0.2, -0.15) is 0 Å². The molecule has 0 bridgehead atoms. The molecule has 24 heavy (non-hydrogen) atoms. The van der Waals surface area contributed by atoms with Gasteiger partial charge >= 0.3 is 0 Å². The van der Waals surface area contributed by atoms with Gasteiger partial charge in [-0.1, -0.05) is 12.8 Å². The lowest BCUT2D eigenvalue weighted by Gasteiger charge is -2.13. The second kappa shape index (κ2) is 6.39. The van der Waals surface area contributed by atoms with Crippen molar-refractivity contribution in [2.75, 3.05) is 17.4 Å². The van der Waals surface area contributed by atoms with Crippen molar-refractivity contribution < 1.29 is 14.3 Å². The van der Waals surface area contributed by atoms with Crippen LogP contribution >= 0.6 is 0 Å². The minimum absolute atomic E-state index is 0.212. The molecule has 6 heteroatoms. The van der Waals surface area contributed by atoms with Crippen LogP contribution in [0.5, 0.6) is 11.5 Å². The number of amides is 1. The summed E-state index contributed by atoms with van der Waals surface area (Å²) in [6.45, 7) is 0.212. The number of fused-ring (bicyclic) bond motifs is 1. The van der Waals surface area contributed by atoms with Gasteiger partial charge in [0, 0.05) is 17.8 Å². The van der Waals surface area contributed by atoms with Gasteiger partial charge in [0.05, 0.1) is 11.9 Å². The molecule has 1 aromatic carbocycles. The van der Waals surface area contributed by atoms with Crippen molar-refractivity contribution in [2.45, 2.75) is 31.7 Å². The Hall–Kier alpha value is -2.76. The Kier molecular flexibility index (Phi) is 3.94. The number of nitrogens with zero attached hydrogens (tertiary/aromatic N) is 1. The molecule has 2 aliphatic rings. The number of benzene rings is 1. The van der Waals surface area contributed by atoms with Gasteiger partial charge in [-0.25, -0.2) is 4.98 Å². The summed E-state index contributed by atoms with van der Waals surface area (Å²) >= 11 is 0. The minimum atomic E-state index is -0.249. The molecule has 0 radical (unpaired) electrons. The maximum absolute atomic E-state index is 12.3. The Morgan fingerprint density at radius 2 is 1.83 bits per heavy atom. The third-order valence-corrected chi connectivity index (χ3v) is 4.35. The quantitative estimate of drug-likeness (QED) is 0.901. The number of carbonyl (C=O) groups excluding carboxylic acids is 1. The fraction of sp³-hybridized carbons (Fsp3) is 0.333. The number of carbonyl (C=O) groups is 1. The van der Waals surface area contributed by atoms with Crippen LogP contribution in [0, 0.1) is 0 Å². The van der Waals surface area contributed by atoms with E-state index in [2.05, 4.69) is 15.6 Å². The van der Waals surface area contributed by atoms with Gasteiger partial charge in [-0.05, 0) is 37.1 Å². The molecule has 1 aliphatic carbocycles. The van der Waals surface area contributed by atoms with Crippen molar-refractivity contribution in [1.29, 1.82) is 0 Å². The molecular weight excluding hydrogens is 306 g/mol. The van der Waals surface area contributed by atoms with Crippen molar-refractivity contribution in [3.63, 3.8) is 0 Å². The molecule has 4 rings (SSSR count). The highest BCUT2D eigenvalue weighted by molar-refractivity contribution is 6.03. The first-order valence-corrected chi connectivity index (χ1v) is 8.21. The zero-order chi connectivity index (χ0) is 16.4. The van der Waals surface area contributed by atoms with E-state index in [4.69, 9.17) is 9.47 Å². The van der Waals surface area contributed by atoms with E-state index in [1.54, 1.807) is 30.5 Å². The van der Waals surface area contributed by atoms with Crippen LogP contribution in [0.15, 0.2) is 36.5 Å². The van der Waals surface area contributed by atoms with E-state index < -0.39 is 0 Å². The number of nitrogens with one attached hydrogen (secondary N) is 2. The monoisotopic (exact) mass is 325 g/mol. The van der Waals surface area contributed by atoms with E-state index in [-0.39, 0.29) is 12.7 Å². The fourth-order valence-corrected chi connectivity index (χ4v) is 3.09. The van der Waals surface area contributed by atoms with Gasteiger partial charge in [-0.15, -0.1) is 0 Å². The third kappa shape index (κ3) is 3.13. The molecule has 1 saturated carbocycles. The smallest absolute Gasteiger partial charge is 0.274 e. The maximum Gasteiger partial charge on any atom is 0.274 e. The number of rotatable bonds is 4. The van der Waals surface area contributed by atoms with Crippen LogP contribution in [-0.2, 0) is 0 Å². The Morgan fingerprint density at radius 3 is 2.62 bits per heavy atom. The summed E-state index contributed by atoms with van der Waals surface area (Å²) in [5.41, 5.74) is 1.99. The minimum Gasteiger partial charge on any atom is -0.454 e. The summed E-state index contributed by atoms with van der Waals surface area (Å²) in [6, 6.07) is 9.47. The Morgan fingerprint density at radius 1 is 1.04 bits per heavy atom. The second-order valence-electron chi connectivity index (χ2n) is 6.08. The number of hydrogen-bond donors (Lipinski definition) is 2. The van der Waals surface area contributed by atoms with Crippen LogP contribution in [0.4, 0.5) is 11.4 Å². The van der Waals surface area contributed by atoms with Crippen molar-refractivity contribution in [2.24, 2.45) is 0 Å². The van der Waals surface area contributed by atoms with Crippen LogP contribution in [0.1, 0.15) is 36.2 Å². The summed E-state index contributed by atoms with van der Waals surface area (Å²) in [6.07, 6.45) is 6.67. The summed E-state index contributed by atoms with van der Waals surface area (Å²) in [5.74, 6) is 1.08. The third-order valence-electron chi connectivity index (χ3n) is 4.35. The molecule has 0 saturated heterocycles. The highest BCUT2D eigenvalue weighted by Crippen LogP contribution is 2.34. The zero-order valence-corrected chi connectivity index (χ0v) is 13.2. The Labute approximate surface area is 140 Å². The van der Waals surface area contributed by atoms with Gasteiger partial charge in [-0.3, -0.25) is 4.79 Å². The summed E-state index contributed by atoms with van der Waals surface area (Å²) < 4.78 is 10.6. The number of anilines is 2. The molecule has 1 fully saturated rings. The van der Waals surface area contributed by atoms with Crippen LogP contribution in [-0.4, -0.2) is 23.7 Å². The lowest BCUT2D eigenvalue weighted by Crippen LogP contribution is -2.16. The van der Waals surface area contributed by atoms with Crippen LogP contribution in [0.25, 0.3) is 0 Å². The van der Waals surface area contributed by atoms with E-state index in [1.807, 2.05) is 6.07 Å². The van der Waals surface area contributed by atoms with Crippen LogP contribution < -0.4 is 20.1 Å². The molecule has 0 spiro atoms. The van der Waals surface area contributed by atoms with Crippen molar-refractivity contribution in [3.8, 4) is 11.5 Å². The predicted octanol–water partition coefficient (Wildman–Crippen LogP) is 3.42. The molecule has 2 N–H and O–H groups in total. The van der Waals surface area contributed by atoms with Gasteiger partial charge in [0.15, 0.2) is 11.5 Å². The van der Waals surface area contributed by atoms with Gasteiger partial charge in [0.2, 0.25) is 6.79 Å². The number of pyridine rings is 1. The molecule has 124 valence electrons. The molecule has 0 atom stereocenters. The summed E-state index contributed by atoms with van der Waals surface area (Å²) in [4.78, 5) is 16.6. The molecule has 2 aromatic rings. The first-order chi connectivity index (χ1) is 11.8. The first-order valence-electron chi connectivity index (χ1n) is 8.21. The van der Waals surface area contributed by atoms with E-state index in [0.717, 1.165) is 5.69 Å². The lowest BCUT2D eigenvalue weighted by atomic mass is 10.2. The number of aromatic nitrogens is 1. The highest BCUT2D eigenvalue weighted by atomic mass is 16.7. The zero-order valence-electron chi connectivity index (χ0n) is 13.2. The maximum atomic E-state index is 12.3. The molecule has 1 amide bonds. The molecule has 0 unspecified atom stereocenters. The standard InChI is InChI=1S/C18H19N3O3/c22-18(21-13-6-8-16-17(9-13)24-11-23-16)15-7-5-14(10-19-15)20-12-3-1-2-4-12/h5-10,12,20H,1-4,11H2,(H,21,22). The van der Waals surface area contributed by atoms with E-state index >= 15 is 0 Å². The number of hydrogen-bond acceptors (Lipinski definition) is 5. The predicted molar refractivity (Wildman–Crippen MR) is 90.6 cm³/mol. The molecule has 6 nitrogen and oxygen atoms in total. The SMILES string of the molecule is O=C(Nc1ccc2c(c1)OCO2)c1ccc(NC2CCCC2)cn1. The number of ether oxygens (including phenoxy) is 2. The van der Waals surface area contributed by atoms with Gasteiger partial charge < -0.3 is 20.1 Å². The van der Waals surface area contributed by atoms with Crippen molar-refractivity contribution in [1.82, 2.24) is 4.98 Å². The average molecular weight is 325 g/mol. The van der Waals surface area contributed by atoms with Gasteiger partial charge in [0.1, 0.15) is 5.69 Å². The Balaban J connectivity index is 1.40. The topological polar surface area (TPSA) is 72.5 Å². The normalized spacial score (nSPS) is 16.2. The molecule has 1 aliphatic heterocycles. The largest absolute Gasteiger partial charge is 0.454 e. The van der Waals surface area contributed by atoms with E-state index in [0.29, 0.717) is 28.9 Å². The van der Waals surface area contributed by atoms with Gasteiger partial charge in [0.25, 0.3) is 5.91 Å². The van der Waals surface area contributed by atoms with Crippen molar-refractivity contribution >= 4 is 17.3 Å². The fourth-order valence-electron chi connectivity index (χ4n) is 3.09. The molecular formula is C18H19N3O3. The van der Waals surface area contributed by atoms with E-state index in [9.17, 15) is 4.79 Å². The average Bonchev–Trinajstić information content (AvgIpc) is 3.26. The molecule has 1 aromatic heterocycles. The van der Waals surface area contributed by atoms with E-state index in [1.165, 1.54) is 25.7 Å². The summed E-state index contributed by atoms with van der Waals surface area (Å²) in [5, 5.41) is 6.28. The summed E-state index contributed by atoms with van der Waals surface area (Å²) in [7, 11) is 0. The highest BCUT2D eigenvalue weighted by Gasteiger charge is 2.16. The van der Waals surface area contributed by atoms with Crippen LogP contribution in [0.3, 0.4) is 0 Å².